The van der Waals surface area contributed by atoms with Crippen LogP contribution in [0.5, 0.6) is 0 Å². The zero-order valence-corrected chi connectivity index (χ0v) is 20.0. The quantitative estimate of drug-likeness (QED) is 0.594. The average Bonchev–Trinajstić information content (AvgIpc) is 3.49. The molecule has 0 saturated carbocycles. The number of piperazine rings is 1. The molecule has 33 heavy (non-hydrogen) atoms. The number of nitrogens with one attached hydrogen (secondary N) is 1. The van der Waals surface area contributed by atoms with E-state index in [1.54, 1.807) is 25.3 Å². The predicted octanol–water partition coefficient (Wildman–Crippen LogP) is 2.47. The molecule has 2 aliphatic heterocycles. The fraction of sp³-hybridized carbons (Fsp3) is 0.458. The summed E-state index contributed by atoms with van der Waals surface area (Å²) in [6.07, 6.45) is 1.78. The highest BCUT2D eigenvalue weighted by Crippen LogP contribution is 2.30. The van der Waals surface area contributed by atoms with Crippen molar-refractivity contribution in [3.05, 3.63) is 48.2 Å². The minimum atomic E-state index is -3.86. The van der Waals surface area contributed by atoms with Gasteiger partial charge in [-0.3, -0.25) is 0 Å². The summed E-state index contributed by atoms with van der Waals surface area (Å²) < 4.78 is 34.3. The second-order valence-electron chi connectivity index (χ2n) is 8.68. The van der Waals surface area contributed by atoms with E-state index in [4.69, 9.17) is 4.74 Å². The highest BCUT2D eigenvalue weighted by molar-refractivity contribution is 7.90. The Kier molecular flexibility index (Phi) is 6.03. The number of benzene rings is 2. The largest absolute Gasteiger partial charge is 0.380 e. The van der Waals surface area contributed by atoms with Crippen molar-refractivity contribution in [3.8, 4) is 0 Å². The molecule has 2 saturated heterocycles. The van der Waals surface area contributed by atoms with Crippen LogP contribution in [0.4, 0.5) is 11.4 Å². The summed E-state index contributed by atoms with van der Waals surface area (Å²) in [6, 6.07) is 13.2. The minimum Gasteiger partial charge on any atom is -0.380 e. The second-order valence-corrected chi connectivity index (χ2v) is 10.4. The third kappa shape index (κ3) is 4.09. The first-order valence-corrected chi connectivity index (χ1v) is 13.1. The molecule has 5 rings (SSSR count). The van der Waals surface area contributed by atoms with Crippen molar-refractivity contribution >= 4 is 32.3 Å². The summed E-state index contributed by atoms with van der Waals surface area (Å²) in [6.45, 7) is 7.25. The zero-order valence-electron chi connectivity index (χ0n) is 19.2. The Morgan fingerprint density at radius 2 is 1.85 bits per heavy atom. The number of anilines is 2. The van der Waals surface area contributed by atoms with Gasteiger partial charge in [0.2, 0.25) is 0 Å². The molecule has 1 atom stereocenters. The molecule has 3 aromatic rings. The van der Waals surface area contributed by atoms with Crippen LogP contribution >= 0.6 is 0 Å². The molecule has 0 radical (unpaired) electrons. The van der Waals surface area contributed by atoms with Crippen molar-refractivity contribution < 1.29 is 13.2 Å². The lowest BCUT2D eigenvalue weighted by atomic mass is 10.1. The lowest BCUT2D eigenvalue weighted by molar-refractivity contribution is 0.121. The van der Waals surface area contributed by atoms with Crippen LogP contribution in [0.15, 0.2) is 47.4 Å². The lowest BCUT2D eigenvalue weighted by Gasteiger charge is -2.29. The Balaban J connectivity index is 1.55. The van der Waals surface area contributed by atoms with Crippen molar-refractivity contribution in [2.75, 3.05) is 56.2 Å². The third-order valence-corrected chi connectivity index (χ3v) is 8.30. The summed E-state index contributed by atoms with van der Waals surface area (Å²) in [4.78, 5) is 4.71. The van der Waals surface area contributed by atoms with Crippen LogP contribution < -0.4 is 15.1 Å². The Bertz CT molecular complexity index is 1250. The maximum atomic E-state index is 13.8. The third-order valence-electron chi connectivity index (χ3n) is 6.71. The lowest BCUT2D eigenvalue weighted by Crippen LogP contribution is -2.43. The van der Waals surface area contributed by atoms with E-state index in [1.807, 2.05) is 25.1 Å². The van der Waals surface area contributed by atoms with Crippen molar-refractivity contribution in [2.24, 2.45) is 0 Å². The van der Waals surface area contributed by atoms with Gasteiger partial charge in [-0.1, -0.05) is 13.0 Å². The minimum absolute atomic E-state index is 0.177. The van der Waals surface area contributed by atoms with Crippen LogP contribution in [0, 0.1) is 0 Å². The number of nitrogens with zero attached hydrogens (tertiary/aromatic N) is 4. The van der Waals surface area contributed by atoms with Gasteiger partial charge in [0.1, 0.15) is 0 Å². The molecule has 2 fully saturated rings. The number of aryl methyl sites for hydroxylation is 1. The molecule has 0 amide bonds. The molecule has 9 heteroatoms. The molecule has 8 nitrogen and oxygen atoms in total. The smallest absolute Gasteiger partial charge is 0.283 e. The van der Waals surface area contributed by atoms with Gasteiger partial charge in [0.05, 0.1) is 22.2 Å². The van der Waals surface area contributed by atoms with E-state index in [9.17, 15) is 8.42 Å². The molecule has 2 aliphatic rings. The molecule has 176 valence electrons. The van der Waals surface area contributed by atoms with E-state index in [0.29, 0.717) is 11.9 Å². The number of methoxy groups -OCH3 is 1. The number of hydrogen-bond donors (Lipinski definition) is 1. The SMILES string of the molecule is CCc1nn(S(=O)(=O)c2cccc(N3CCC(OC)C3)c2)c2cc(N3CCNCC3)ccc12. The summed E-state index contributed by atoms with van der Waals surface area (Å²) in [7, 11) is -2.14. The summed E-state index contributed by atoms with van der Waals surface area (Å²) >= 11 is 0. The highest BCUT2D eigenvalue weighted by atomic mass is 32.2. The topological polar surface area (TPSA) is 79.7 Å². The summed E-state index contributed by atoms with van der Waals surface area (Å²) in [5.74, 6) is 0. The molecule has 3 heterocycles. The van der Waals surface area contributed by atoms with Gasteiger partial charge in [0.25, 0.3) is 10.0 Å². The van der Waals surface area contributed by atoms with Crippen molar-refractivity contribution in [1.82, 2.24) is 14.5 Å². The van der Waals surface area contributed by atoms with Crippen LogP contribution in [0.1, 0.15) is 19.0 Å². The highest BCUT2D eigenvalue weighted by Gasteiger charge is 2.26. The summed E-state index contributed by atoms with van der Waals surface area (Å²) in [5.41, 5.74) is 3.34. The maximum absolute atomic E-state index is 13.8. The van der Waals surface area contributed by atoms with Crippen molar-refractivity contribution in [1.29, 1.82) is 0 Å². The van der Waals surface area contributed by atoms with Gasteiger partial charge in [-0.2, -0.15) is 17.6 Å². The normalized spacial score (nSPS) is 19.5. The standard InChI is InChI=1S/C24H31N5O3S/c1-3-23-22-8-7-19(27-13-10-25-11-14-27)16-24(22)29(26-23)33(30,31)21-6-4-5-18(15-21)28-12-9-20(17-28)32-2/h4-8,15-16,20,25H,3,9-14,17H2,1-2H3. The number of ether oxygens (including phenoxy) is 1. The van der Waals surface area contributed by atoms with E-state index >= 15 is 0 Å². The average molecular weight is 470 g/mol. The Labute approximate surface area is 195 Å². The van der Waals surface area contributed by atoms with Crippen LogP contribution in [0.3, 0.4) is 0 Å². The maximum Gasteiger partial charge on any atom is 0.283 e. The molecular formula is C24H31N5O3S. The second kappa shape index (κ2) is 8.96. The molecule has 1 N–H and O–H groups in total. The molecular weight excluding hydrogens is 438 g/mol. The molecule has 1 aromatic heterocycles. The first-order chi connectivity index (χ1) is 16.0. The van der Waals surface area contributed by atoms with Gasteiger partial charge in [-0.25, -0.2) is 0 Å². The number of fused-ring (bicyclic) bond motifs is 1. The van der Waals surface area contributed by atoms with Crippen LogP contribution in [-0.4, -0.2) is 70.1 Å². The molecule has 0 bridgehead atoms. The number of rotatable bonds is 6. The van der Waals surface area contributed by atoms with Crippen LogP contribution in [0.2, 0.25) is 0 Å². The zero-order chi connectivity index (χ0) is 23.0. The van der Waals surface area contributed by atoms with E-state index in [-0.39, 0.29) is 11.0 Å². The number of aromatic nitrogens is 2. The van der Waals surface area contributed by atoms with Crippen molar-refractivity contribution in [2.45, 2.75) is 30.8 Å². The van der Waals surface area contributed by atoms with Gasteiger partial charge in [-0.15, -0.1) is 0 Å². The molecule has 0 aliphatic carbocycles. The molecule has 0 spiro atoms. The molecule has 2 aromatic carbocycles. The monoisotopic (exact) mass is 469 g/mol. The Morgan fingerprint density at radius 1 is 1.06 bits per heavy atom. The van der Waals surface area contributed by atoms with Crippen LogP contribution in [0.25, 0.3) is 10.9 Å². The van der Waals surface area contributed by atoms with Crippen molar-refractivity contribution in [3.63, 3.8) is 0 Å². The first kappa shape index (κ1) is 22.2. The fourth-order valence-corrected chi connectivity index (χ4v) is 6.14. The van der Waals surface area contributed by atoms with Gasteiger partial charge in [0.15, 0.2) is 0 Å². The van der Waals surface area contributed by atoms with E-state index in [0.717, 1.165) is 68.1 Å². The van der Waals surface area contributed by atoms with E-state index in [2.05, 4.69) is 26.3 Å². The van der Waals surface area contributed by atoms with Crippen LogP contribution in [-0.2, 0) is 21.2 Å². The predicted molar refractivity (Wildman–Crippen MR) is 131 cm³/mol. The Hall–Kier alpha value is -2.62. The van der Waals surface area contributed by atoms with E-state index in [1.165, 1.54) is 4.09 Å². The fourth-order valence-electron chi connectivity index (χ4n) is 4.80. The molecule has 1 unspecified atom stereocenters. The number of hydrogen-bond acceptors (Lipinski definition) is 7. The van der Waals surface area contributed by atoms with Gasteiger partial charge >= 0.3 is 0 Å². The van der Waals surface area contributed by atoms with E-state index < -0.39 is 10.0 Å². The first-order valence-electron chi connectivity index (χ1n) is 11.6. The van der Waals surface area contributed by atoms with Gasteiger partial charge in [-0.05, 0) is 49.2 Å². The summed E-state index contributed by atoms with van der Waals surface area (Å²) in [5, 5.41) is 8.81. The van der Waals surface area contributed by atoms with Gasteiger partial charge < -0.3 is 19.9 Å². The Morgan fingerprint density at radius 3 is 2.58 bits per heavy atom. The van der Waals surface area contributed by atoms with Gasteiger partial charge in [0, 0.05) is 63.1 Å².